The van der Waals surface area contributed by atoms with Crippen molar-refractivity contribution in [1.29, 1.82) is 5.26 Å². The van der Waals surface area contributed by atoms with Gasteiger partial charge < -0.3 is 14.7 Å². The number of ether oxygens (including phenoxy) is 1. The molecule has 0 spiro atoms. The Labute approximate surface area is 160 Å². The van der Waals surface area contributed by atoms with E-state index in [2.05, 4.69) is 6.07 Å². The minimum absolute atomic E-state index is 0.0756. The minimum Gasteiger partial charge on any atom is -0.477 e. The molecule has 1 N–H and O–H groups in total. The maximum Gasteiger partial charge on any atom is 0.346 e. The second kappa shape index (κ2) is 8.54. The maximum absolute atomic E-state index is 11.8. The number of carbonyl (C=O) groups is 1. The molecule has 132 valence electrons. The van der Waals surface area contributed by atoms with Crippen LogP contribution in [-0.4, -0.2) is 37.9 Å². The number of benzene rings is 1. The number of nitrogens with zero attached hydrogens (tertiary/aromatic N) is 2. The van der Waals surface area contributed by atoms with E-state index in [4.69, 9.17) is 27.9 Å². The Morgan fingerprint density at radius 2 is 2.16 bits per heavy atom. The van der Waals surface area contributed by atoms with Gasteiger partial charge in [0.2, 0.25) is 0 Å². The number of anilines is 1. The molecule has 0 aliphatic carbocycles. The lowest BCUT2D eigenvalue weighted by Gasteiger charge is -2.21. The zero-order valence-corrected chi connectivity index (χ0v) is 16.0. The van der Waals surface area contributed by atoms with Gasteiger partial charge in [-0.1, -0.05) is 29.3 Å². The molecule has 0 aliphatic heterocycles. The van der Waals surface area contributed by atoms with E-state index in [1.807, 2.05) is 11.8 Å². The van der Waals surface area contributed by atoms with Crippen molar-refractivity contribution < 1.29 is 14.6 Å². The Morgan fingerprint density at radius 1 is 1.44 bits per heavy atom. The Bertz CT molecular complexity index is 830. The molecule has 0 radical (unpaired) electrons. The number of likely N-dealkylation sites (N-methyl/N-ethyl adjacent to an activating group) is 1. The van der Waals surface area contributed by atoms with Crippen LogP contribution in [0.1, 0.15) is 22.2 Å². The largest absolute Gasteiger partial charge is 0.477 e. The number of carboxylic acids is 1. The number of aromatic carboxylic acids is 1. The number of thiophene rings is 1. The normalized spacial score (nSPS) is 10.5. The molecule has 1 aromatic heterocycles. The summed E-state index contributed by atoms with van der Waals surface area (Å²) in [5.41, 5.74) is 1.10. The summed E-state index contributed by atoms with van der Waals surface area (Å²) in [4.78, 5) is 13.8. The third-order valence-corrected chi connectivity index (χ3v) is 5.42. The lowest BCUT2D eigenvalue weighted by Crippen LogP contribution is -2.26. The van der Waals surface area contributed by atoms with Gasteiger partial charge in [-0.2, -0.15) is 5.26 Å². The smallest absolute Gasteiger partial charge is 0.346 e. The van der Waals surface area contributed by atoms with Gasteiger partial charge in [-0.25, -0.2) is 4.79 Å². The maximum atomic E-state index is 11.8. The van der Waals surface area contributed by atoms with Crippen LogP contribution in [0.3, 0.4) is 0 Å². The number of nitriles is 1. The van der Waals surface area contributed by atoms with E-state index in [0.717, 1.165) is 11.3 Å². The highest BCUT2D eigenvalue weighted by atomic mass is 35.5. The molecule has 0 fully saturated rings. The van der Waals surface area contributed by atoms with Crippen LogP contribution in [0.5, 0.6) is 0 Å². The predicted molar refractivity (Wildman–Crippen MR) is 101 cm³/mol. The average molecular weight is 399 g/mol. The average Bonchev–Trinajstić information content (AvgIpc) is 2.95. The Balaban J connectivity index is 2.70. The van der Waals surface area contributed by atoms with Crippen molar-refractivity contribution in [3.8, 4) is 17.2 Å². The van der Waals surface area contributed by atoms with Gasteiger partial charge in [0.15, 0.2) is 0 Å². The molecule has 2 aromatic rings. The highest BCUT2D eigenvalue weighted by Crippen LogP contribution is 2.44. The third-order valence-electron chi connectivity index (χ3n) is 3.63. The van der Waals surface area contributed by atoms with Crippen molar-refractivity contribution in [2.45, 2.75) is 6.92 Å². The van der Waals surface area contributed by atoms with E-state index in [-0.39, 0.29) is 4.88 Å². The monoisotopic (exact) mass is 398 g/mol. The second-order valence-electron chi connectivity index (χ2n) is 5.10. The molecule has 0 bridgehead atoms. The lowest BCUT2D eigenvalue weighted by molar-refractivity contribution is 0.0703. The second-order valence-corrected chi connectivity index (χ2v) is 6.94. The van der Waals surface area contributed by atoms with E-state index in [0.29, 0.717) is 51.4 Å². The summed E-state index contributed by atoms with van der Waals surface area (Å²) in [5.74, 6) is -1.10. The van der Waals surface area contributed by atoms with E-state index in [9.17, 15) is 15.2 Å². The number of rotatable bonds is 7. The summed E-state index contributed by atoms with van der Waals surface area (Å²) in [6.07, 6.45) is 0. The molecule has 2 rings (SSSR count). The standard InChI is InChI=1S/C17H16Cl2N2O3S/c1-3-21(6-7-24-2)16-12(9-20)14(15(25-16)17(22)23)11-5-4-10(18)8-13(11)19/h4-5,8H,3,6-7H2,1-2H3,(H,22,23). The van der Waals surface area contributed by atoms with Crippen molar-refractivity contribution in [1.82, 2.24) is 0 Å². The number of carboxylic acid groups (broad SMARTS) is 1. The topological polar surface area (TPSA) is 73.6 Å². The van der Waals surface area contributed by atoms with Crippen LogP contribution >= 0.6 is 34.5 Å². The molecule has 1 heterocycles. The van der Waals surface area contributed by atoms with Crippen molar-refractivity contribution in [3.05, 3.63) is 38.7 Å². The van der Waals surface area contributed by atoms with E-state index < -0.39 is 5.97 Å². The molecule has 0 atom stereocenters. The highest BCUT2D eigenvalue weighted by molar-refractivity contribution is 7.18. The van der Waals surface area contributed by atoms with Crippen molar-refractivity contribution in [3.63, 3.8) is 0 Å². The Hall–Kier alpha value is -1.78. The predicted octanol–water partition coefficient (Wildman–Crippen LogP) is 4.76. The fourth-order valence-corrected chi connectivity index (χ4v) is 4.15. The first-order chi connectivity index (χ1) is 11.9. The molecule has 8 heteroatoms. The SMILES string of the molecule is CCN(CCOC)c1sc(C(=O)O)c(-c2ccc(Cl)cc2Cl)c1C#N. The quantitative estimate of drug-likeness (QED) is 0.727. The van der Waals surface area contributed by atoms with Crippen LogP contribution in [0.4, 0.5) is 5.00 Å². The number of hydrogen-bond donors (Lipinski definition) is 1. The fraction of sp³-hybridized carbons (Fsp3) is 0.294. The first-order valence-electron chi connectivity index (χ1n) is 7.44. The first-order valence-corrected chi connectivity index (χ1v) is 9.01. The summed E-state index contributed by atoms with van der Waals surface area (Å²) in [7, 11) is 1.59. The van der Waals surface area contributed by atoms with E-state index in [1.165, 1.54) is 6.07 Å². The van der Waals surface area contributed by atoms with Gasteiger partial charge in [0.25, 0.3) is 0 Å². The van der Waals surface area contributed by atoms with Crippen molar-refractivity contribution >= 4 is 45.5 Å². The van der Waals surface area contributed by atoms with Crippen LogP contribution in [0.2, 0.25) is 10.0 Å². The lowest BCUT2D eigenvalue weighted by atomic mass is 10.0. The van der Waals surface area contributed by atoms with Crippen LogP contribution in [0.15, 0.2) is 18.2 Å². The highest BCUT2D eigenvalue weighted by Gasteiger charge is 2.27. The van der Waals surface area contributed by atoms with E-state index in [1.54, 1.807) is 19.2 Å². The zero-order valence-electron chi connectivity index (χ0n) is 13.7. The molecule has 0 aliphatic rings. The number of halogens is 2. The molecule has 0 saturated heterocycles. The van der Waals surface area contributed by atoms with Gasteiger partial charge >= 0.3 is 5.97 Å². The summed E-state index contributed by atoms with van der Waals surface area (Å²) in [6, 6.07) is 6.93. The van der Waals surface area contributed by atoms with Crippen LogP contribution in [0.25, 0.3) is 11.1 Å². The number of methoxy groups -OCH3 is 1. The molecule has 0 unspecified atom stereocenters. The summed E-state index contributed by atoms with van der Waals surface area (Å²) < 4.78 is 5.10. The third kappa shape index (κ3) is 4.07. The van der Waals surface area contributed by atoms with Gasteiger partial charge in [-0.05, 0) is 19.1 Å². The van der Waals surface area contributed by atoms with Crippen molar-refractivity contribution in [2.24, 2.45) is 0 Å². The summed E-state index contributed by atoms with van der Waals surface area (Å²) in [6.45, 7) is 3.57. The van der Waals surface area contributed by atoms with Crippen LogP contribution < -0.4 is 4.90 Å². The van der Waals surface area contributed by atoms with E-state index >= 15 is 0 Å². The molecule has 0 saturated carbocycles. The van der Waals surface area contributed by atoms with Gasteiger partial charge in [-0.3, -0.25) is 0 Å². The summed E-state index contributed by atoms with van der Waals surface area (Å²) >= 11 is 13.3. The molecule has 5 nitrogen and oxygen atoms in total. The van der Waals surface area contributed by atoms with Crippen LogP contribution in [-0.2, 0) is 4.74 Å². The number of hydrogen-bond acceptors (Lipinski definition) is 5. The molecule has 25 heavy (non-hydrogen) atoms. The fourth-order valence-electron chi connectivity index (χ4n) is 2.45. The molecular formula is C17H16Cl2N2O3S. The molecule has 1 aromatic carbocycles. The van der Waals surface area contributed by atoms with Crippen molar-refractivity contribution in [2.75, 3.05) is 31.7 Å². The first kappa shape index (κ1) is 19.5. The van der Waals surface area contributed by atoms with Gasteiger partial charge in [0, 0.05) is 41.4 Å². The minimum atomic E-state index is -1.10. The molecular weight excluding hydrogens is 383 g/mol. The van der Waals surface area contributed by atoms with Gasteiger partial charge in [0.05, 0.1) is 12.2 Å². The molecule has 0 amide bonds. The Morgan fingerprint density at radius 3 is 2.68 bits per heavy atom. The Kier molecular flexibility index (Phi) is 6.68. The zero-order chi connectivity index (χ0) is 18.6. The van der Waals surface area contributed by atoms with Gasteiger partial charge in [-0.15, -0.1) is 11.3 Å². The summed E-state index contributed by atoms with van der Waals surface area (Å²) in [5, 5.41) is 20.7. The van der Waals surface area contributed by atoms with Gasteiger partial charge in [0.1, 0.15) is 15.9 Å². The van der Waals surface area contributed by atoms with Crippen LogP contribution in [0, 0.1) is 11.3 Å².